The first-order valence-electron chi connectivity index (χ1n) is 8.14. The number of thioether (sulfide) groups is 1. The summed E-state index contributed by atoms with van der Waals surface area (Å²) in [7, 11) is 0. The number of fused-ring (bicyclic) bond motifs is 1. The molecule has 1 N–H and O–H groups in total. The predicted molar refractivity (Wildman–Crippen MR) is 102 cm³/mol. The molecule has 2 heterocycles. The fourth-order valence-electron chi connectivity index (χ4n) is 2.34. The number of carbonyl (C=O) groups excluding carboxylic acids is 1. The Morgan fingerprint density at radius 1 is 1.29 bits per heavy atom. The first-order chi connectivity index (χ1) is 11.2. The summed E-state index contributed by atoms with van der Waals surface area (Å²) in [6.07, 6.45) is 0. The lowest BCUT2D eigenvalue weighted by atomic mass is 10.2. The van der Waals surface area contributed by atoms with Crippen molar-refractivity contribution in [1.82, 2.24) is 14.9 Å². The Kier molecular flexibility index (Phi) is 6.09. The van der Waals surface area contributed by atoms with Gasteiger partial charge in [0.05, 0.1) is 11.1 Å². The minimum Gasteiger partial charge on any atom is -0.355 e. The van der Waals surface area contributed by atoms with Crippen LogP contribution in [0.4, 0.5) is 0 Å². The highest BCUT2D eigenvalue weighted by Crippen LogP contribution is 2.29. The highest BCUT2D eigenvalue weighted by atomic mass is 32.2. The third kappa shape index (κ3) is 4.00. The number of rotatable bonds is 6. The van der Waals surface area contributed by atoms with E-state index in [4.69, 9.17) is 0 Å². The van der Waals surface area contributed by atoms with Crippen molar-refractivity contribution in [1.29, 1.82) is 0 Å². The number of nitrogens with zero attached hydrogens (tertiary/aromatic N) is 2. The van der Waals surface area contributed by atoms with Crippen LogP contribution in [0.15, 0.2) is 9.95 Å². The molecule has 0 aliphatic rings. The van der Waals surface area contributed by atoms with E-state index in [2.05, 4.69) is 24.1 Å². The van der Waals surface area contributed by atoms with Gasteiger partial charge in [0.15, 0.2) is 5.16 Å². The second kappa shape index (κ2) is 7.70. The highest BCUT2D eigenvalue weighted by molar-refractivity contribution is 7.99. The average molecular weight is 368 g/mol. The number of hydrogen-bond acceptors (Lipinski definition) is 5. The summed E-state index contributed by atoms with van der Waals surface area (Å²) < 4.78 is 1.70. The third-order valence-corrected chi connectivity index (χ3v) is 5.81. The molecular weight excluding hydrogens is 342 g/mol. The van der Waals surface area contributed by atoms with Gasteiger partial charge < -0.3 is 5.32 Å². The van der Waals surface area contributed by atoms with Crippen LogP contribution in [0.25, 0.3) is 10.2 Å². The van der Waals surface area contributed by atoms with E-state index in [0.29, 0.717) is 23.0 Å². The lowest BCUT2D eigenvalue weighted by Gasteiger charge is -2.15. The first-order valence-corrected chi connectivity index (χ1v) is 9.94. The SMILES string of the molecule is Cc1sc2nc(SCC(=O)NCC(C)C)n(C(C)C)c(=O)c2c1C. The minimum absolute atomic E-state index is 0.00442. The normalized spacial score (nSPS) is 11.7. The molecule has 24 heavy (non-hydrogen) atoms. The Balaban J connectivity index is 2.34. The Morgan fingerprint density at radius 2 is 1.96 bits per heavy atom. The Hall–Kier alpha value is -1.34. The molecule has 2 aromatic heterocycles. The number of aryl methyl sites for hydroxylation is 2. The zero-order valence-electron chi connectivity index (χ0n) is 15.1. The largest absolute Gasteiger partial charge is 0.355 e. The Morgan fingerprint density at radius 3 is 2.54 bits per heavy atom. The van der Waals surface area contributed by atoms with Gasteiger partial charge in [0.2, 0.25) is 5.91 Å². The van der Waals surface area contributed by atoms with Crippen molar-refractivity contribution in [3.63, 3.8) is 0 Å². The van der Waals surface area contributed by atoms with Crippen LogP contribution >= 0.6 is 23.1 Å². The maximum absolute atomic E-state index is 12.9. The van der Waals surface area contributed by atoms with Crippen molar-refractivity contribution >= 4 is 39.2 Å². The summed E-state index contributed by atoms with van der Waals surface area (Å²) in [5, 5.41) is 4.22. The van der Waals surface area contributed by atoms with E-state index in [1.165, 1.54) is 23.1 Å². The van der Waals surface area contributed by atoms with Crippen molar-refractivity contribution in [2.45, 2.75) is 52.7 Å². The Labute approximate surface area is 150 Å². The fraction of sp³-hybridized carbons (Fsp3) is 0.588. The Bertz CT molecular complexity index is 806. The lowest BCUT2D eigenvalue weighted by molar-refractivity contribution is -0.118. The summed E-state index contributed by atoms with van der Waals surface area (Å²) >= 11 is 2.86. The zero-order chi connectivity index (χ0) is 18.0. The lowest BCUT2D eigenvalue weighted by Crippen LogP contribution is -2.30. The predicted octanol–water partition coefficient (Wildman–Crippen LogP) is 3.52. The highest BCUT2D eigenvalue weighted by Gasteiger charge is 2.19. The van der Waals surface area contributed by atoms with Crippen LogP contribution in [0.3, 0.4) is 0 Å². The summed E-state index contributed by atoms with van der Waals surface area (Å²) in [4.78, 5) is 31.4. The number of carbonyl (C=O) groups is 1. The van der Waals surface area contributed by atoms with E-state index < -0.39 is 0 Å². The molecule has 0 aromatic carbocycles. The fourth-order valence-corrected chi connectivity index (χ4v) is 4.37. The van der Waals surface area contributed by atoms with E-state index in [1.54, 1.807) is 4.57 Å². The summed E-state index contributed by atoms with van der Waals surface area (Å²) in [6.45, 7) is 12.7. The van der Waals surface area contributed by atoms with E-state index in [0.717, 1.165) is 15.3 Å². The van der Waals surface area contributed by atoms with Crippen LogP contribution in [-0.2, 0) is 4.79 Å². The summed E-state index contributed by atoms with van der Waals surface area (Å²) in [5.41, 5.74) is 0.995. The minimum atomic E-state index is -0.0307. The summed E-state index contributed by atoms with van der Waals surface area (Å²) in [5.74, 6) is 0.650. The molecule has 132 valence electrons. The molecule has 0 radical (unpaired) electrons. The second-order valence-electron chi connectivity index (χ2n) is 6.61. The number of aromatic nitrogens is 2. The number of hydrogen-bond donors (Lipinski definition) is 1. The van der Waals surface area contributed by atoms with Gasteiger partial charge in [-0.25, -0.2) is 4.98 Å². The van der Waals surface area contributed by atoms with Gasteiger partial charge in [0, 0.05) is 17.5 Å². The monoisotopic (exact) mass is 367 g/mol. The molecule has 1 amide bonds. The van der Waals surface area contributed by atoms with Crippen LogP contribution in [0.2, 0.25) is 0 Å². The smallest absolute Gasteiger partial charge is 0.263 e. The van der Waals surface area contributed by atoms with Crippen LogP contribution in [0, 0.1) is 19.8 Å². The van der Waals surface area contributed by atoms with E-state index >= 15 is 0 Å². The molecule has 5 nitrogen and oxygen atoms in total. The molecule has 2 rings (SSSR count). The van der Waals surface area contributed by atoms with Gasteiger partial charge in [-0.3, -0.25) is 14.2 Å². The molecule has 2 aromatic rings. The molecule has 0 saturated carbocycles. The standard InChI is InChI=1S/C17H25N3O2S2/c1-9(2)7-18-13(21)8-23-17-19-15-14(11(5)12(6)24-15)16(22)20(17)10(3)4/h9-10H,7-8H2,1-6H3,(H,18,21). The molecule has 0 fully saturated rings. The van der Waals surface area contributed by atoms with Crippen molar-refractivity contribution in [2.24, 2.45) is 5.92 Å². The third-order valence-electron chi connectivity index (χ3n) is 3.76. The first kappa shape index (κ1) is 19.0. The number of nitrogens with one attached hydrogen (secondary N) is 1. The van der Waals surface area contributed by atoms with Gasteiger partial charge in [-0.2, -0.15) is 0 Å². The molecule has 0 spiro atoms. The number of thiophene rings is 1. The van der Waals surface area contributed by atoms with E-state index in [9.17, 15) is 9.59 Å². The van der Waals surface area contributed by atoms with Crippen molar-refractivity contribution in [3.05, 3.63) is 20.8 Å². The van der Waals surface area contributed by atoms with Crippen LogP contribution in [-0.4, -0.2) is 27.8 Å². The average Bonchev–Trinajstić information content (AvgIpc) is 2.77. The molecule has 0 aliphatic heterocycles. The van der Waals surface area contributed by atoms with Gasteiger partial charge in [0.1, 0.15) is 4.83 Å². The molecule has 0 bridgehead atoms. The van der Waals surface area contributed by atoms with Crippen LogP contribution in [0.5, 0.6) is 0 Å². The topological polar surface area (TPSA) is 64.0 Å². The van der Waals surface area contributed by atoms with Gasteiger partial charge in [-0.05, 0) is 39.2 Å². The molecule has 0 aliphatic carbocycles. The summed E-state index contributed by atoms with van der Waals surface area (Å²) in [6, 6.07) is -0.00442. The van der Waals surface area contributed by atoms with Crippen molar-refractivity contribution < 1.29 is 4.79 Å². The van der Waals surface area contributed by atoms with Gasteiger partial charge >= 0.3 is 0 Å². The quantitative estimate of drug-likeness (QED) is 0.627. The molecule has 0 unspecified atom stereocenters. The maximum Gasteiger partial charge on any atom is 0.263 e. The van der Waals surface area contributed by atoms with Gasteiger partial charge in [-0.15, -0.1) is 11.3 Å². The zero-order valence-corrected chi connectivity index (χ0v) is 16.7. The molecule has 7 heteroatoms. The van der Waals surface area contributed by atoms with Crippen molar-refractivity contribution in [2.75, 3.05) is 12.3 Å². The molecular formula is C17H25N3O2S2. The van der Waals surface area contributed by atoms with Crippen LogP contribution in [0.1, 0.15) is 44.2 Å². The van der Waals surface area contributed by atoms with Gasteiger partial charge in [0.25, 0.3) is 5.56 Å². The van der Waals surface area contributed by atoms with E-state index in [-0.39, 0.29) is 23.3 Å². The van der Waals surface area contributed by atoms with Crippen molar-refractivity contribution in [3.8, 4) is 0 Å². The van der Waals surface area contributed by atoms with Gasteiger partial charge in [-0.1, -0.05) is 25.6 Å². The van der Waals surface area contributed by atoms with Crippen LogP contribution < -0.4 is 10.9 Å². The second-order valence-corrected chi connectivity index (χ2v) is 8.76. The molecule has 0 atom stereocenters. The molecule has 0 saturated heterocycles. The number of amides is 1. The maximum atomic E-state index is 12.9. The van der Waals surface area contributed by atoms with E-state index in [1.807, 2.05) is 27.7 Å².